The fourth-order valence-corrected chi connectivity index (χ4v) is 1.76. The van der Waals surface area contributed by atoms with E-state index in [4.69, 9.17) is 0 Å². The summed E-state index contributed by atoms with van der Waals surface area (Å²) in [6.07, 6.45) is 3.62. The molecule has 82 valence electrons. The zero-order valence-electron chi connectivity index (χ0n) is 8.80. The second kappa shape index (κ2) is 3.52. The quantitative estimate of drug-likeness (QED) is 0.604. The first-order valence-electron chi connectivity index (χ1n) is 5.06. The number of aryl methyl sites for hydroxylation is 1. The number of rotatable bonds is 4. The van der Waals surface area contributed by atoms with E-state index in [0.29, 0.717) is 17.8 Å². The Bertz CT molecular complexity index is 387. The second-order valence-electron chi connectivity index (χ2n) is 3.95. The molecule has 1 aliphatic rings. The van der Waals surface area contributed by atoms with Crippen LogP contribution in [-0.2, 0) is 7.05 Å². The number of aromatic nitrogens is 2. The van der Waals surface area contributed by atoms with Gasteiger partial charge in [0.1, 0.15) is 6.20 Å². The first-order chi connectivity index (χ1) is 7.11. The standard InChI is InChI=1S/C9H14N4O2/c1-3-6-4-7(6)10-9-8(13(14)15)5-12(2)11-9/h5-7H,3-4H2,1-2H3,(H,10,11). The van der Waals surface area contributed by atoms with E-state index in [0.717, 1.165) is 12.8 Å². The molecule has 2 atom stereocenters. The molecular weight excluding hydrogens is 196 g/mol. The molecule has 2 unspecified atom stereocenters. The maximum atomic E-state index is 10.7. The summed E-state index contributed by atoms with van der Waals surface area (Å²) in [6.45, 7) is 2.12. The molecule has 6 heteroatoms. The molecule has 2 rings (SSSR count). The van der Waals surface area contributed by atoms with E-state index in [2.05, 4.69) is 17.3 Å². The number of anilines is 1. The lowest BCUT2D eigenvalue weighted by Gasteiger charge is -1.99. The van der Waals surface area contributed by atoms with Crippen molar-refractivity contribution in [1.29, 1.82) is 0 Å². The van der Waals surface area contributed by atoms with Crippen molar-refractivity contribution in [1.82, 2.24) is 9.78 Å². The SMILES string of the molecule is CCC1CC1Nc1nn(C)cc1[N+](=O)[O-]. The zero-order chi connectivity index (χ0) is 11.0. The van der Waals surface area contributed by atoms with Gasteiger partial charge in [0.2, 0.25) is 5.82 Å². The number of hydrogen-bond donors (Lipinski definition) is 1. The van der Waals surface area contributed by atoms with Crippen LogP contribution in [0.5, 0.6) is 0 Å². The largest absolute Gasteiger partial charge is 0.360 e. The molecule has 0 amide bonds. The van der Waals surface area contributed by atoms with Gasteiger partial charge in [0.05, 0.1) is 4.92 Å². The van der Waals surface area contributed by atoms with Crippen LogP contribution in [0.2, 0.25) is 0 Å². The van der Waals surface area contributed by atoms with Crippen LogP contribution >= 0.6 is 0 Å². The first kappa shape index (κ1) is 9.95. The average molecular weight is 210 g/mol. The van der Waals surface area contributed by atoms with E-state index in [1.807, 2.05) is 0 Å². The molecule has 1 heterocycles. The third-order valence-corrected chi connectivity index (χ3v) is 2.78. The minimum absolute atomic E-state index is 0.0549. The average Bonchev–Trinajstić information content (AvgIpc) is 2.81. The van der Waals surface area contributed by atoms with Gasteiger partial charge in [0, 0.05) is 13.1 Å². The predicted octanol–water partition coefficient (Wildman–Crippen LogP) is 1.54. The second-order valence-corrected chi connectivity index (χ2v) is 3.95. The highest BCUT2D eigenvalue weighted by Crippen LogP contribution is 2.37. The molecule has 0 saturated heterocycles. The molecule has 1 fully saturated rings. The fraction of sp³-hybridized carbons (Fsp3) is 0.667. The summed E-state index contributed by atoms with van der Waals surface area (Å²) in [4.78, 5) is 10.3. The molecule has 0 bridgehead atoms. The van der Waals surface area contributed by atoms with Crippen molar-refractivity contribution >= 4 is 11.5 Å². The van der Waals surface area contributed by atoms with E-state index in [9.17, 15) is 10.1 Å². The van der Waals surface area contributed by atoms with Gasteiger partial charge in [-0.05, 0) is 12.3 Å². The summed E-state index contributed by atoms with van der Waals surface area (Å²) in [5, 5.41) is 17.9. The third kappa shape index (κ3) is 1.93. The summed E-state index contributed by atoms with van der Waals surface area (Å²) in [5.74, 6) is 1.04. The monoisotopic (exact) mass is 210 g/mol. The van der Waals surface area contributed by atoms with E-state index in [1.165, 1.54) is 10.9 Å². The maximum Gasteiger partial charge on any atom is 0.330 e. The van der Waals surface area contributed by atoms with Gasteiger partial charge in [-0.2, -0.15) is 0 Å². The van der Waals surface area contributed by atoms with Gasteiger partial charge in [0.25, 0.3) is 0 Å². The number of nitrogens with zero attached hydrogens (tertiary/aromatic N) is 3. The van der Waals surface area contributed by atoms with Crippen LogP contribution in [0.3, 0.4) is 0 Å². The Morgan fingerprint density at radius 2 is 2.53 bits per heavy atom. The highest BCUT2D eigenvalue weighted by atomic mass is 16.6. The molecule has 0 spiro atoms. The Hall–Kier alpha value is -1.59. The Labute approximate surface area is 87.4 Å². The summed E-state index contributed by atoms with van der Waals surface area (Å²) < 4.78 is 1.46. The fourth-order valence-electron chi connectivity index (χ4n) is 1.76. The number of nitro groups is 1. The van der Waals surface area contributed by atoms with Gasteiger partial charge in [-0.15, -0.1) is 5.10 Å². The van der Waals surface area contributed by atoms with E-state index >= 15 is 0 Å². The highest BCUT2D eigenvalue weighted by Gasteiger charge is 2.37. The van der Waals surface area contributed by atoms with Crippen molar-refractivity contribution in [2.24, 2.45) is 13.0 Å². The summed E-state index contributed by atoms with van der Waals surface area (Å²) in [5.41, 5.74) is 0.0549. The predicted molar refractivity (Wildman–Crippen MR) is 55.7 cm³/mol. The Balaban J connectivity index is 2.10. The van der Waals surface area contributed by atoms with E-state index < -0.39 is 4.92 Å². The summed E-state index contributed by atoms with van der Waals surface area (Å²) in [6, 6.07) is 0.364. The van der Waals surface area contributed by atoms with Crippen LogP contribution in [0.1, 0.15) is 19.8 Å². The molecule has 1 saturated carbocycles. The third-order valence-electron chi connectivity index (χ3n) is 2.78. The Kier molecular flexibility index (Phi) is 2.34. The molecule has 15 heavy (non-hydrogen) atoms. The Morgan fingerprint density at radius 1 is 1.80 bits per heavy atom. The molecule has 1 N–H and O–H groups in total. The van der Waals surface area contributed by atoms with Crippen LogP contribution in [0.4, 0.5) is 11.5 Å². The van der Waals surface area contributed by atoms with Gasteiger partial charge in [0.15, 0.2) is 0 Å². The highest BCUT2D eigenvalue weighted by molar-refractivity contribution is 5.55. The van der Waals surface area contributed by atoms with E-state index in [-0.39, 0.29) is 5.69 Å². The van der Waals surface area contributed by atoms with Crippen molar-refractivity contribution in [3.63, 3.8) is 0 Å². The minimum Gasteiger partial charge on any atom is -0.360 e. The van der Waals surface area contributed by atoms with Crippen molar-refractivity contribution < 1.29 is 4.92 Å². The van der Waals surface area contributed by atoms with Crippen LogP contribution in [0.25, 0.3) is 0 Å². The topological polar surface area (TPSA) is 73.0 Å². The van der Waals surface area contributed by atoms with Crippen molar-refractivity contribution in [2.45, 2.75) is 25.8 Å². The number of hydrogen-bond acceptors (Lipinski definition) is 4. The molecule has 0 aliphatic heterocycles. The van der Waals surface area contributed by atoms with Gasteiger partial charge < -0.3 is 5.32 Å². The molecular formula is C9H14N4O2. The summed E-state index contributed by atoms with van der Waals surface area (Å²) in [7, 11) is 1.68. The molecule has 1 aromatic heterocycles. The lowest BCUT2D eigenvalue weighted by Crippen LogP contribution is -2.06. The molecule has 6 nitrogen and oxygen atoms in total. The van der Waals surface area contributed by atoms with Crippen LogP contribution in [0.15, 0.2) is 6.20 Å². The first-order valence-corrected chi connectivity index (χ1v) is 5.06. The van der Waals surface area contributed by atoms with Crippen LogP contribution in [0, 0.1) is 16.0 Å². The molecule has 1 aliphatic carbocycles. The molecule has 0 radical (unpaired) electrons. The lowest BCUT2D eigenvalue weighted by molar-refractivity contribution is -0.384. The lowest BCUT2D eigenvalue weighted by atomic mass is 10.3. The summed E-state index contributed by atoms with van der Waals surface area (Å²) >= 11 is 0. The zero-order valence-corrected chi connectivity index (χ0v) is 8.80. The van der Waals surface area contributed by atoms with Gasteiger partial charge in [-0.25, -0.2) is 0 Å². The van der Waals surface area contributed by atoms with Crippen LogP contribution in [-0.4, -0.2) is 20.7 Å². The van der Waals surface area contributed by atoms with Crippen LogP contribution < -0.4 is 5.32 Å². The normalized spacial score (nSPS) is 23.9. The number of nitrogens with one attached hydrogen (secondary N) is 1. The smallest absolute Gasteiger partial charge is 0.330 e. The van der Waals surface area contributed by atoms with Crippen molar-refractivity contribution in [2.75, 3.05) is 5.32 Å². The minimum atomic E-state index is -0.404. The maximum absolute atomic E-state index is 10.7. The van der Waals surface area contributed by atoms with Gasteiger partial charge >= 0.3 is 5.69 Å². The molecule has 0 aromatic carbocycles. The Morgan fingerprint density at radius 3 is 3.07 bits per heavy atom. The van der Waals surface area contributed by atoms with E-state index in [1.54, 1.807) is 7.05 Å². The van der Waals surface area contributed by atoms with Gasteiger partial charge in [-0.1, -0.05) is 13.3 Å². The van der Waals surface area contributed by atoms with Crippen molar-refractivity contribution in [3.05, 3.63) is 16.3 Å². The van der Waals surface area contributed by atoms with Crippen molar-refractivity contribution in [3.8, 4) is 0 Å². The molecule has 1 aromatic rings. The van der Waals surface area contributed by atoms with Gasteiger partial charge in [-0.3, -0.25) is 14.8 Å².